The van der Waals surface area contributed by atoms with Gasteiger partial charge in [-0.1, -0.05) is 30.3 Å². The molecule has 1 N–H and O–H groups in total. The Kier molecular flexibility index (Phi) is 6.09. The maximum atomic E-state index is 13.1. The standard InChI is InChI=1S/C21H18FN5O2/c1-3-19-23-10-9-20(25-19)27-17(11-14(2)26-27)21(29)24-16(18(28)13-22)12-15-7-5-4-6-8-15/h1,4-11,16H,12-13H2,2H3,(H,24,29)/t16-/m0/s1. The quantitative estimate of drug-likeness (QED) is 0.621. The summed E-state index contributed by atoms with van der Waals surface area (Å²) in [6, 6.07) is 11.2. The topological polar surface area (TPSA) is 89.8 Å². The van der Waals surface area contributed by atoms with Gasteiger partial charge in [0.15, 0.2) is 11.6 Å². The fourth-order valence-corrected chi connectivity index (χ4v) is 2.79. The Bertz CT molecular complexity index is 1070. The zero-order chi connectivity index (χ0) is 20.8. The van der Waals surface area contributed by atoms with Crippen LogP contribution in [0.4, 0.5) is 4.39 Å². The molecule has 146 valence electrons. The molecule has 3 rings (SSSR count). The molecule has 0 aliphatic heterocycles. The number of nitrogens with zero attached hydrogens (tertiary/aromatic N) is 4. The lowest BCUT2D eigenvalue weighted by Crippen LogP contribution is -2.43. The molecule has 0 aliphatic carbocycles. The maximum Gasteiger partial charge on any atom is 0.270 e. The van der Waals surface area contributed by atoms with Gasteiger partial charge < -0.3 is 5.32 Å². The van der Waals surface area contributed by atoms with Crippen LogP contribution in [0.1, 0.15) is 27.6 Å². The van der Waals surface area contributed by atoms with Crippen LogP contribution in [0.15, 0.2) is 48.7 Å². The molecule has 0 fully saturated rings. The molecule has 0 unspecified atom stereocenters. The van der Waals surface area contributed by atoms with E-state index in [-0.39, 0.29) is 17.9 Å². The highest BCUT2D eigenvalue weighted by Crippen LogP contribution is 2.12. The molecule has 0 aliphatic rings. The van der Waals surface area contributed by atoms with Crippen molar-refractivity contribution in [3.8, 4) is 18.2 Å². The first-order chi connectivity index (χ1) is 14.0. The third kappa shape index (κ3) is 4.71. The minimum atomic E-state index is -1.17. The highest BCUT2D eigenvalue weighted by atomic mass is 19.1. The summed E-state index contributed by atoms with van der Waals surface area (Å²) in [6.45, 7) is 0.540. The molecular weight excluding hydrogens is 373 g/mol. The second-order valence-electron chi connectivity index (χ2n) is 6.28. The number of rotatable bonds is 7. The van der Waals surface area contributed by atoms with E-state index in [2.05, 4.69) is 26.3 Å². The number of carbonyl (C=O) groups is 2. The van der Waals surface area contributed by atoms with Crippen molar-refractivity contribution in [1.82, 2.24) is 25.1 Å². The van der Waals surface area contributed by atoms with E-state index in [1.165, 1.54) is 10.9 Å². The molecule has 1 aromatic carbocycles. The van der Waals surface area contributed by atoms with Crippen molar-refractivity contribution in [3.05, 3.63) is 71.4 Å². The molecule has 0 bridgehead atoms. The first-order valence-electron chi connectivity index (χ1n) is 8.82. The van der Waals surface area contributed by atoms with Gasteiger partial charge in [-0.3, -0.25) is 9.59 Å². The molecule has 0 saturated heterocycles. The number of amides is 1. The van der Waals surface area contributed by atoms with Gasteiger partial charge in [0.1, 0.15) is 12.4 Å². The Morgan fingerprint density at radius 3 is 2.72 bits per heavy atom. The van der Waals surface area contributed by atoms with Gasteiger partial charge in [-0.05, 0) is 30.9 Å². The van der Waals surface area contributed by atoms with E-state index < -0.39 is 24.4 Å². The number of carbonyl (C=O) groups excluding carboxylic acids is 2. The van der Waals surface area contributed by atoms with Crippen LogP contribution in [-0.4, -0.2) is 44.2 Å². The molecule has 1 atom stereocenters. The SMILES string of the molecule is C#Cc1nccc(-n2nc(C)cc2C(=O)N[C@@H](Cc2ccccc2)C(=O)CF)n1. The molecule has 8 heteroatoms. The van der Waals surface area contributed by atoms with Gasteiger partial charge in [-0.15, -0.1) is 6.42 Å². The number of aryl methyl sites for hydroxylation is 1. The van der Waals surface area contributed by atoms with E-state index in [9.17, 15) is 14.0 Å². The van der Waals surface area contributed by atoms with E-state index in [4.69, 9.17) is 6.42 Å². The predicted molar refractivity (Wildman–Crippen MR) is 104 cm³/mol. The first-order valence-corrected chi connectivity index (χ1v) is 8.82. The molecule has 2 aromatic heterocycles. The molecular formula is C21H18FN5O2. The second kappa shape index (κ2) is 8.89. The number of aromatic nitrogens is 4. The Balaban J connectivity index is 1.89. The third-order valence-corrected chi connectivity index (χ3v) is 4.16. The third-order valence-electron chi connectivity index (χ3n) is 4.16. The zero-order valence-corrected chi connectivity index (χ0v) is 15.7. The Hall–Kier alpha value is -3.86. The average molecular weight is 391 g/mol. The van der Waals surface area contributed by atoms with Crippen LogP contribution >= 0.6 is 0 Å². The van der Waals surface area contributed by atoms with E-state index in [0.717, 1.165) is 5.56 Å². The number of hydrogen-bond donors (Lipinski definition) is 1. The minimum absolute atomic E-state index is 0.147. The smallest absolute Gasteiger partial charge is 0.270 e. The summed E-state index contributed by atoms with van der Waals surface area (Å²) in [7, 11) is 0. The molecule has 29 heavy (non-hydrogen) atoms. The maximum absolute atomic E-state index is 13.1. The summed E-state index contributed by atoms with van der Waals surface area (Å²) < 4.78 is 14.4. The van der Waals surface area contributed by atoms with Gasteiger partial charge in [-0.25, -0.2) is 19.0 Å². The van der Waals surface area contributed by atoms with Crippen LogP contribution in [-0.2, 0) is 11.2 Å². The van der Waals surface area contributed by atoms with E-state index >= 15 is 0 Å². The largest absolute Gasteiger partial charge is 0.340 e. The lowest BCUT2D eigenvalue weighted by Gasteiger charge is -2.17. The second-order valence-corrected chi connectivity index (χ2v) is 6.28. The average Bonchev–Trinajstić information content (AvgIpc) is 3.15. The fraction of sp³-hybridized carbons (Fsp3) is 0.190. The first kappa shape index (κ1) is 19.9. The van der Waals surface area contributed by atoms with Gasteiger partial charge in [0.25, 0.3) is 5.91 Å². The highest BCUT2D eigenvalue weighted by molar-refractivity contribution is 5.97. The van der Waals surface area contributed by atoms with Crippen LogP contribution in [0.2, 0.25) is 0 Å². The summed E-state index contributed by atoms with van der Waals surface area (Å²) in [4.78, 5) is 33.1. The molecule has 0 radical (unpaired) electrons. The number of nitrogens with one attached hydrogen (secondary N) is 1. The monoisotopic (exact) mass is 391 g/mol. The van der Waals surface area contributed by atoms with Gasteiger partial charge in [0.05, 0.1) is 11.7 Å². The zero-order valence-electron chi connectivity index (χ0n) is 15.7. The molecule has 1 amide bonds. The number of Topliss-reactive ketones (excluding diaryl/α,β-unsaturated/α-hetero) is 1. The van der Waals surface area contributed by atoms with Crippen molar-refractivity contribution < 1.29 is 14.0 Å². The summed E-state index contributed by atoms with van der Waals surface area (Å²) in [5.74, 6) is 1.50. The lowest BCUT2D eigenvalue weighted by atomic mass is 10.0. The summed E-state index contributed by atoms with van der Waals surface area (Å²) >= 11 is 0. The van der Waals surface area contributed by atoms with E-state index in [1.807, 2.05) is 18.2 Å². The summed E-state index contributed by atoms with van der Waals surface area (Å²) in [5, 5.41) is 6.88. The highest BCUT2D eigenvalue weighted by Gasteiger charge is 2.24. The molecule has 2 heterocycles. The van der Waals surface area contributed by atoms with Gasteiger partial charge in [0.2, 0.25) is 5.82 Å². The summed E-state index contributed by atoms with van der Waals surface area (Å²) in [6.07, 6.45) is 6.97. The van der Waals surface area contributed by atoms with Crippen molar-refractivity contribution in [2.24, 2.45) is 0 Å². The number of halogens is 1. The lowest BCUT2D eigenvalue weighted by molar-refractivity contribution is -0.121. The van der Waals surface area contributed by atoms with Crippen molar-refractivity contribution >= 4 is 11.7 Å². The number of alkyl halides is 1. The summed E-state index contributed by atoms with van der Waals surface area (Å²) in [5.41, 5.74) is 1.51. The Morgan fingerprint density at radius 1 is 1.28 bits per heavy atom. The van der Waals surface area contributed by atoms with Crippen molar-refractivity contribution in [3.63, 3.8) is 0 Å². The Morgan fingerprint density at radius 2 is 2.03 bits per heavy atom. The number of ketones is 1. The molecule has 0 spiro atoms. The van der Waals surface area contributed by atoms with Gasteiger partial charge in [-0.2, -0.15) is 5.10 Å². The molecule has 0 saturated carbocycles. The van der Waals surface area contributed by atoms with E-state index in [1.54, 1.807) is 31.2 Å². The van der Waals surface area contributed by atoms with Crippen molar-refractivity contribution in [2.45, 2.75) is 19.4 Å². The van der Waals surface area contributed by atoms with Crippen LogP contribution in [0.25, 0.3) is 5.82 Å². The van der Waals surface area contributed by atoms with Crippen molar-refractivity contribution in [1.29, 1.82) is 0 Å². The van der Waals surface area contributed by atoms with Crippen LogP contribution in [0.3, 0.4) is 0 Å². The van der Waals surface area contributed by atoms with Crippen LogP contribution in [0.5, 0.6) is 0 Å². The molecule has 7 nitrogen and oxygen atoms in total. The number of benzene rings is 1. The Labute approximate surface area is 167 Å². The number of terminal acetylenes is 1. The van der Waals surface area contributed by atoms with E-state index in [0.29, 0.717) is 11.5 Å². The predicted octanol–water partition coefficient (Wildman–Crippen LogP) is 1.83. The number of hydrogen-bond acceptors (Lipinski definition) is 5. The van der Waals surface area contributed by atoms with Crippen LogP contribution in [0, 0.1) is 19.3 Å². The normalized spacial score (nSPS) is 11.5. The van der Waals surface area contributed by atoms with Crippen LogP contribution < -0.4 is 5.32 Å². The van der Waals surface area contributed by atoms with Gasteiger partial charge in [0, 0.05) is 12.3 Å². The van der Waals surface area contributed by atoms with Crippen molar-refractivity contribution in [2.75, 3.05) is 6.67 Å². The molecule has 3 aromatic rings. The van der Waals surface area contributed by atoms with Gasteiger partial charge >= 0.3 is 0 Å². The fourth-order valence-electron chi connectivity index (χ4n) is 2.79. The minimum Gasteiger partial charge on any atom is -0.340 e.